The minimum atomic E-state index is -0.165. The van der Waals surface area contributed by atoms with Gasteiger partial charge in [0.1, 0.15) is 22.8 Å². The first-order valence-electron chi connectivity index (χ1n) is 6.97. The number of aliphatic hydroxyl groups excluding tert-OH is 1. The fraction of sp³-hybridized carbons (Fsp3) is 0.438. The molecule has 1 aliphatic heterocycles. The van der Waals surface area contributed by atoms with E-state index in [1.165, 1.54) is 5.56 Å². The molecule has 0 saturated carbocycles. The summed E-state index contributed by atoms with van der Waals surface area (Å²) in [5.74, 6) is 1.71. The molecule has 1 aromatic carbocycles. The van der Waals surface area contributed by atoms with Crippen molar-refractivity contribution in [2.75, 3.05) is 6.61 Å². The van der Waals surface area contributed by atoms with Crippen LogP contribution in [0, 0.1) is 0 Å². The number of aryl methyl sites for hydroxylation is 1. The van der Waals surface area contributed by atoms with E-state index >= 15 is 0 Å². The van der Waals surface area contributed by atoms with E-state index in [4.69, 9.17) is 14.4 Å². The third-order valence-electron chi connectivity index (χ3n) is 3.51. The van der Waals surface area contributed by atoms with Crippen molar-refractivity contribution in [3.05, 3.63) is 35.6 Å². The Morgan fingerprint density at radius 2 is 2.20 bits per heavy atom. The molecule has 0 bridgehead atoms. The van der Waals surface area contributed by atoms with E-state index in [0.29, 0.717) is 12.8 Å². The molecule has 0 saturated heterocycles. The van der Waals surface area contributed by atoms with Gasteiger partial charge in [-0.3, -0.25) is 0 Å². The van der Waals surface area contributed by atoms with Crippen LogP contribution < -0.4 is 4.74 Å². The van der Waals surface area contributed by atoms with Gasteiger partial charge < -0.3 is 14.4 Å². The third-order valence-corrected chi connectivity index (χ3v) is 3.51. The maximum atomic E-state index is 8.85. The largest absolute Gasteiger partial charge is 0.487 e. The van der Waals surface area contributed by atoms with Crippen LogP contribution in [0.15, 0.2) is 28.8 Å². The minimum absolute atomic E-state index is 0.161. The Hall–Kier alpha value is -1.81. The molecule has 0 fully saturated rings. The number of aromatic nitrogens is 1. The SMILES string of the molecule is CC1(C)Cc2cccc(-c3cc(CCCO)on3)c2O1. The number of para-hydroxylation sites is 1. The standard InChI is InChI=1S/C16H19NO3/c1-16(2)10-11-5-3-7-13(15(11)19-16)14-9-12(20-17-14)6-4-8-18/h3,5,7,9,18H,4,6,8,10H2,1-2H3. The predicted molar refractivity (Wildman–Crippen MR) is 75.8 cm³/mol. The van der Waals surface area contributed by atoms with Gasteiger partial charge in [-0.1, -0.05) is 17.3 Å². The number of rotatable bonds is 4. The highest BCUT2D eigenvalue weighted by molar-refractivity contribution is 5.70. The summed E-state index contributed by atoms with van der Waals surface area (Å²) in [6.45, 7) is 4.34. The van der Waals surface area contributed by atoms with Crippen molar-refractivity contribution in [1.29, 1.82) is 0 Å². The van der Waals surface area contributed by atoms with E-state index in [2.05, 4.69) is 25.1 Å². The third kappa shape index (κ3) is 2.43. The maximum absolute atomic E-state index is 8.85. The van der Waals surface area contributed by atoms with E-state index < -0.39 is 0 Å². The topological polar surface area (TPSA) is 55.5 Å². The van der Waals surface area contributed by atoms with Gasteiger partial charge in [0.15, 0.2) is 0 Å². The zero-order chi connectivity index (χ0) is 14.2. The lowest BCUT2D eigenvalue weighted by Crippen LogP contribution is -2.24. The minimum Gasteiger partial charge on any atom is -0.487 e. The molecular weight excluding hydrogens is 254 g/mol. The number of fused-ring (bicyclic) bond motifs is 1. The van der Waals surface area contributed by atoms with E-state index in [1.54, 1.807) is 0 Å². The summed E-state index contributed by atoms with van der Waals surface area (Å²) < 4.78 is 11.4. The van der Waals surface area contributed by atoms with Gasteiger partial charge in [0.05, 0.1) is 0 Å². The van der Waals surface area contributed by atoms with Gasteiger partial charge in [0.25, 0.3) is 0 Å². The van der Waals surface area contributed by atoms with Crippen LogP contribution in [0.4, 0.5) is 0 Å². The summed E-state index contributed by atoms with van der Waals surface area (Å²) in [5, 5.41) is 13.0. The zero-order valence-electron chi connectivity index (χ0n) is 11.8. The average Bonchev–Trinajstić information content (AvgIpc) is 2.97. The molecule has 1 N–H and O–H groups in total. The molecule has 106 valence electrons. The Morgan fingerprint density at radius 3 is 3.00 bits per heavy atom. The van der Waals surface area contributed by atoms with Crippen LogP contribution in [-0.4, -0.2) is 22.5 Å². The summed E-state index contributed by atoms with van der Waals surface area (Å²) in [6, 6.07) is 8.06. The van der Waals surface area contributed by atoms with Crippen LogP contribution in [0.2, 0.25) is 0 Å². The van der Waals surface area contributed by atoms with Gasteiger partial charge in [-0.25, -0.2) is 0 Å². The Labute approximate surface area is 118 Å². The molecule has 20 heavy (non-hydrogen) atoms. The summed E-state index contributed by atoms with van der Waals surface area (Å²) >= 11 is 0. The van der Waals surface area contributed by atoms with Crippen molar-refractivity contribution in [3.63, 3.8) is 0 Å². The van der Waals surface area contributed by atoms with Crippen LogP contribution in [0.1, 0.15) is 31.6 Å². The van der Waals surface area contributed by atoms with Gasteiger partial charge in [0.2, 0.25) is 0 Å². The molecule has 4 nitrogen and oxygen atoms in total. The fourth-order valence-corrected chi connectivity index (χ4v) is 2.63. The molecule has 1 aliphatic rings. The summed E-state index contributed by atoms with van der Waals surface area (Å²) in [6.07, 6.45) is 2.29. The molecule has 1 aromatic heterocycles. The van der Waals surface area contributed by atoms with E-state index in [-0.39, 0.29) is 12.2 Å². The molecule has 0 spiro atoms. The number of hydrogen-bond acceptors (Lipinski definition) is 4. The molecule has 0 unspecified atom stereocenters. The fourth-order valence-electron chi connectivity index (χ4n) is 2.63. The summed E-state index contributed by atoms with van der Waals surface area (Å²) in [7, 11) is 0. The number of nitrogens with zero attached hydrogens (tertiary/aromatic N) is 1. The molecule has 0 radical (unpaired) electrons. The highest BCUT2D eigenvalue weighted by Gasteiger charge is 2.32. The first kappa shape index (κ1) is 13.2. The van der Waals surface area contributed by atoms with E-state index in [0.717, 1.165) is 29.2 Å². The molecular formula is C16H19NO3. The number of benzene rings is 1. The molecule has 2 heterocycles. The zero-order valence-corrected chi connectivity index (χ0v) is 11.8. The lowest BCUT2D eigenvalue weighted by atomic mass is 9.99. The van der Waals surface area contributed by atoms with Crippen molar-refractivity contribution in [1.82, 2.24) is 5.16 Å². The number of hydrogen-bond donors (Lipinski definition) is 1. The summed E-state index contributed by atoms with van der Waals surface area (Å²) in [5.41, 5.74) is 2.83. The monoisotopic (exact) mass is 273 g/mol. The second-order valence-corrected chi connectivity index (χ2v) is 5.84. The Bertz CT molecular complexity index is 616. The molecule has 0 amide bonds. The first-order chi connectivity index (χ1) is 9.59. The molecule has 0 aliphatic carbocycles. The van der Waals surface area contributed by atoms with Crippen LogP contribution in [0.5, 0.6) is 5.75 Å². The van der Waals surface area contributed by atoms with Crippen molar-refractivity contribution >= 4 is 0 Å². The van der Waals surface area contributed by atoms with Gasteiger partial charge >= 0.3 is 0 Å². The Morgan fingerprint density at radius 1 is 1.35 bits per heavy atom. The second kappa shape index (κ2) is 4.94. The normalized spacial score (nSPS) is 15.9. The number of aliphatic hydroxyl groups is 1. The van der Waals surface area contributed by atoms with E-state index in [1.807, 2.05) is 18.2 Å². The molecule has 2 aromatic rings. The summed E-state index contributed by atoms with van der Waals surface area (Å²) in [4.78, 5) is 0. The van der Waals surface area contributed by atoms with Gasteiger partial charge in [-0.2, -0.15) is 0 Å². The highest BCUT2D eigenvalue weighted by Crippen LogP contribution is 2.41. The lowest BCUT2D eigenvalue weighted by molar-refractivity contribution is 0.139. The van der Waals surface area contributed by atoms with Crippen molar-refractivity contribution in [2.24, 2.45) is 0 Å². The molecule has 3 rings (SSSR count). The van der Waals surface area contributed by atoms with E-state index in [9.17, 15) is 0 Å². The Kier molecular flexibility index (Phi) is 3.26. The average molecular weight is 273 g/mol. The van der Waals surface area contributed by atoms with Crippen LogP contribution in [0.25, 0.3) is 11.3 Å². The van der Waals surface area contributed by atoms with Crippen LogP contribution in [0.3, 0.4) is 0 Å². The number of ether oxygens (including phenoxy) is 1. The Balaban J connectivity index is 1.92. The molecule has 0 atom stereocenters. The van der Waals surface area contributed by atoms with Crippen LogP contribution >= 0.6 is 0 Å². The van der Waals surface area contributed by atoms with Gasteiger partial charge in [0, 0.05) is 31.1 Å². The quantitative estimate of drug-likeness (QED) is 0.930. The van der Waals surface area contributed by atoms with Gasteiger partial charge in [-0.15, -0.1) is 0 Å². The predicted octanol–water partition coefficient (Wildman–Crippen LogP) is 2.98. The van der Waals surface area contributed by atoms with Gasteiger partial charge in [-0.05, 0) is 31.9 Å². The van der Waals surface area contributed by atoms with Crippen molar-refractivity contribution in [3.8, 4) is 17.0 Å². The first-order valence-corrected chi connectivity index (χ1v) is 6.97. The second-order valence-electron chi connectivity index (χ2n) is 5.84. The lowest BCUT2D eigenvalue weighted by Gasteiger charge is -2.17. The van der Waals surface area contributed by atoms with Crippen LogP contribution in [-0.2, 0) is 12.8 Å². The van der Waals surface area contributed by atoms with Crippen molar-refractivity contribution < 1.29 is 14.4 Å². The highest BCUT2D eigenvalue weighted by atomic mass is 16.5. The molecule has 4 heteroatoms. The smallest absolute Gasteiger partial charge is 0.137 e. The maximum Gasteiger partial charge on any atom is 0.137 e. The van der Waals surface area contributed by atoms with Crippen molar-refractivity contribution in [2.45, 2.75) is 38.7 Å².